The monoisotopic (exact) mass is 244 g/mol. The maximum absolute atomic E-state index is 9.59. The van der Waals surface area contributed by atoms with E-state index in [9.17, 15) is 5.26 Å². The highest BCUT2D eigenvalue weighted by Crippen LogP contribution is 2.40. The molecule has 2 aliphatic rings. The van der Waals surface area contributed by atoms with Gasteiger partial charge in [-0.2, -0.15) is 10.4 Å². The molecule has 1 aromatic rings. The summed E-state index contributed by atoms with van der Waals surface area (Å²) >= 11 is 0. The third-order valence-electron chi connectivity index (χ3n) is 4.33. The molecular weight excluding hydrogens is 224 g/mol. The molecule has 0 spiro atoms. The first kappa shape index (κ1) is 11.7. The van der Waals surface area contributed by atoms with Gasteiger partial charge in [0.2, 0.25) is 0 Å². The SMILES string of the molecule is N#CC1(NC2CC2)CCCC1CCn1cccn1. The summed E-state index contributed by atoms with van der Waals surface area (Å²) < 4.78 is 1.97. The molecule has 2 unspecified atom stereocenters. The normalized spacial score (nSPS) is 31.4. The Labute approximate surface area is 108 Å². The lowest BCUT2D eigenvalue weighted by molar-refractivity contribution is 0.284. The summed E-state index contributed by atoms with van der Waals surface area (Å²) in [6, 6.07) is 5.15. The van der Waals surface area contributed by atoms with Gasteiger partial charge < -0.3 is 0 Å². The largest absolute Gasteiger partial charge is 0.296 e. The van der Waals surface area contributed by atoms with E-state index in [0.29, 0.717) is 12.0 Å². The summed E-state index contributed by atoms with van der Waals surface area (Å²) in [6.45, 7) is 0.924. The van der Waals surface area contributed by atoms with E-state index in [0.717, 1.165) is 19.4 Å². The Kier molecular flexibility index (Phi) is 3.09. The predicted molar refractivity (Wildman–Crippen MR) is 68.7 cm³/mol. The Morgan fingerprint density at radius 2 is 2.33 bits per heavy atom. The number of aryl methyl sites for hydroxylation is 1. The van der Waals surface area contributed by atoms with E-state index in [1.807, 2.05) is 23.1 Å². The van der Waals surface area contributed by atoms with Gasteiger partial charge >= 0.3 is 0 Å². The van der Waals surface area contributed by atoms with E-state index in [1.165, 1.54) is 25.7 Å². The van der Waals surface area contributed by atoms with Crippen molar-refractivity contribution in [2.45, 2.75) is 56.7 Å². The molecule has 2 atom stereocenters. The molecule has 0 radical (unpaired) electrons. The van der Waals surface area contributed by atoms with Crippen molar-refractivity contribution in [2.75, 3.05) is 0 Å². The van der Waals surface area contributed by atoms with Gasteiger partial charge in [0, 0.05) is 25.0 Å². The molecule has 4 heteroatoms. The lowest BCUT2D eigenvalue weighted by Gasteiger charge is -2.30. The van der Waals surface area contributed by atoms with Crippen LogP contribution in [0, 0.1) is 17.2 Å². The fourth-order valence-electron chi connectivity index (χ4n) is 3.15. The lowest BCUT2D eigenvalue weighted by atomic mass is 9.85. The fourth-order valence-corrected chi connectivity index (χ4v) is 3.15. The number of nitriles is 1. The summed E-state index contributed by atoms with van der Waals surface area (Å²) in [6.07, 6.45) is 10.7. The van der Waals surface area contributed by atoms with Crippen molar-refractivity contribution in [1.82, 2.24) is 15.1 Å². The van der Waals surface area contributed by atoms with E-state index in [2.05, 4.69) is 16.5 Å². The van der Waals surface area contributed by atoms with Gasteiger partial charge in [0.05, 0.1) is 6.07 Å². The van der Waals surface area contributed by atoms with Gasteiger partial charge in [0.1, 0.15) is 5.54 Å². The molecule has 0 aromatic carbocycles. The van der Waals surface area contributed by atoms with E-state index < -0.39 is 0 Å². The minimum absolute atomic E-state index is 0.256. The smallest absolute Gasteiger partial charge is 0.109 e. The van der Waals surface area contributed by atoms with Crippen molar-refractivity contribution < 1.29 is 0 Å². The van der Waals surface area contributed by atoms with Crippen LogP contribution in [0.5, 0.6) is 0 Å². The first-order valence-corrected chi connectivity index (χ1v) is 6.99. The number of nitrogens with one attached hydrogen (secondary N) is 1. The number of hydrogen-bond donors (Lipinski definition) is 1. The molecule has 2 saturated carbocycles. The van der Waals surface area contributed by atoms with Crippen molar-refractivity contribution in [2.24, 2.45) is 5.92 Å². The molecule has 1 aromatic heterocycles. The number of rotatable bonds is 5. The van der Waals surface area contributed by atoms with Crippen molar-refractivity contribution in [3.63, 3.8) is 0 Å². The van der Waals surface area contributed by atoms with Crippen LogP contribution < -0.4 is 5.32 Å². The standard InChI is InChI=1S/C14H20N4/c15-11-14(17-13-4-5-13)7-1-3-12(14)6-10-18-9-2-8-16-18/h2,8-9,12-13,17H,1,3-7,10H2. The Hall–Kier alpha value is -1.34. The zero-order valence-corrected chi connectivity index (χ0v) is 10.7. The average Bonchev–Trinajstić information content (AvgIpc) is 2.91. The van der Waals surface area contributed by atoms with Gasteiger partial charge in [-0.3, -0.25) is 10.00 Å². The molecule has 18 heavy (non-hydrogen) atoms. The lowest BCUT2D eigenvalue weighted by Crippen LogP contribution is -2.48. The fraction of sp³-hybridized carbons (Fsp3) is 0.714. The Morgan fingerprint density at radius 3 is 3.00 bits per heavy atom. The Morgan fingerprint density at radius 1 is 1.44 bits per heavy atom. The van der Waals surface area contributed by atoms with Gasteiger partial charge in [-0.25, -0.2) is 0 Å². The van der Waals surface area contributed by atoms with Crippen LogP contribution in [0.15, 0.2) is 18.5 Å². The molecule has 96 valence electrons. The highest BCUT2D eigenvalue weighted by Gasteiger charge is 2.45. The highest BCUT2D eigenvalue weighted by atomic mass is 15.3. The van der Waals surface area contributed by atoms with Crippen LogP contribution in [0.25, 0.3) is 0 Å². The molecule has 3 rings (SSSR count). The van der Waals surface area contributed by atoms with Crippen molar-refractivity contribution in [1.29, 1.82) is 5.26 Å². The molecule has 1 heterocycles. The number of hydrogen-bond acceptors (Lipinski definition) is 3. The van der Waals surface area contributed by atoms with E-state index in [4.69, 9.17) is 0 Å². The van der Waals surface area contributed by atoms with E-state index >= 15 is 0 Å². The molecular formula is C14H20N4. The second-order valence-corrected chi connectivity index (χ2v) is 5.65. The maximum atomic E-state index is 9.59. The Balaban J connectivity index is 1.64. The minimum atomic E-state index is -0.256. The maximum Gasteiger partial charge on any atom is 0.109 e. The van der Waals surface area contributed by atoms with Gasteiger partial charge in [-0.1, -0.05) is 6.42 Å². The number of aromatic nitrogens is 2. The third-order valence-corrected chi connectivity index (χ3v) is 4.33. The predicted octanol–water partition coefficient (Wildman–Crippen LogP) is 2.09. The summed E-state index contributed by atoms with van der Waals surface area (Å²) in [7, 11) is 0. The van der Waals surface area contributed by atoms with Gasteiger partial charge in [0.25, 0.3) is 0 Å². The number of nitrogens with zero attached hydrogens (tertiary/aromatic N) is 3. The van der Waals surface area contributed by atoms with Crippen LogP contribution in [0.4, 0.5) is 0 Å². The summed E-state index contributed by atoms with van der Waals surface area (Å²) in [5.41, 5.74) is -0.256. The summed E-state index contributed by atoms with van der Waals surface area (Å²) in [5, 5.41) is 17.4. The quantitative estimate of drug-likeness (QED) is 0.863. The molecule has 0 bridgehead atoms. The molecule has 1 N–H and O–H groups in total. The second-order valence-electron chi connectivity index (χ2n) is 5.65. The van der Waals surface area contributed by atoms with Crippen LogP contribution in [-0.2, 0) is 6.54 Å². The minimum Gasteiger partial charge on any atom is -0.296 e. The topological polar surface area (TPSA) is 53.6 Å². The van der Waals surface area contributed by atoms with Crippen LogP contribution >= 0.6 is 0 Å². The molecule has 0 amide bonds. The van der Waals surface area contributed by atoms with Crippen molar-refractivity contribution in [3.8, 4) is 6.07 Å². The zero-order valence-electron chi connectivity index (χ0n) is 10.7. The van der Waals surface area contributed by atoms with Crippen LogP contribution in [0.1, 0.15) is 38.5 Å². The molecule has 4 nitrogen and oxygen atoms in total. The first-order chi connectivity index (χ1) is 8.82. The molecule has 0 aliphatic heterocycles. The van der Waals surface area contributed by atoms with E-state index in [-0.39, 0.29) is 5.54 Å². The van der Waals surface area contributed by atoms with Crippen molar-refractivity contribution >= 4 is 0 Å². The third kappa shape index (κ3) is 2.28. The van der Waals surface area contributed by atoms with Crippen molar-refractivity contribution in [3.05, 3.63) is 18.5 Å². The zero-order chi connectivity index (χ0) is 12.4. The highest BCUT2D eigenvalue weighted by molar-refractivity contribution is 5.16. The van der Waals surface area contributed by atoms with Crippen LogP contribution in [-0.4, -0.2) is 21.4 Å². The molecule has 0 saturated heterocycles. The van der Waals surface area contributed by atoms with Gasteiger partial charge in [-0.15, -0.1) is 0 Å². The van der Waals surface area contributed by atoms with Crippen LogP contribution in [0.3, 0.4) is 0 Å². The first-order valence-electron chi connectivity index (χ1n) is 6.99. The van der Waals surface area contributed by atoms with Crippen LogP contribution in [0.2, 0.25) is 0 Å². The Bertz CT molecular complexity index is 429. The average molecular weight is 244 g/mol. The van der Waals surface area contributed by atoms with Gasteiger partial charge in [-0.05, 0) is 44.1 Å². The second kappa shape index (κ2) is 4.74. The van der Waals surface area contributed by atoms with Gasteiger partial charge in [0.15, 0.2) is 0 Å². The summed E-state index contributed by atoms with van der Waals surface area (Å²) in [4.78, 5) is 0. The molecule has 2 aliphatic carbocycles. The summed E-state index contributed by atoms with van der Waals surface area (Å²) in [5.74, 6) is 0.479. The van der Waals surface area contributed by atoms with E-state index in [1.54, 1.807) is 0 Å². The molecule has 2 fully saturated rings.